The Bertz CT molecular complexity index is 1160. The first-order valence-electron chi connectivity index (χ1n) is 11.1. The molecule has 2 aromatic heterocycles. The second kappa shape index (κ2) is 8.90. The number of ether oxygens (including phenoxy) is 1. The standard InChI is InChI=1S/C26H28N4O/c1-31-25-7-3-2-6-22(25)12-13-23-14-15-24(26-28-27-19-30(23)26)21-10-8-20(9-11-21)18-29-16-4-5-17-29/h2-3,6-11,14-15,19H,4-5,12-13,16-18H2,1H3. The van der Waals surface area contributed by atoms with Gasteiger partial charge in [-0.15, -0.1) is 10.2 Å². The van der Waals surface area contributed by atoms with E-state index in [2.05, 4.69) is 68.0 Å². The summed E-state index contributed by atoms with van der Waals surface area (Å²) in [5.74, 6) is 0.938. The number of methoxy groups -OCH3 is 1. The van der Waals surface area contributed by atoms with Crippen LogP contribution in [0, 0.1) is 0 Å². The molecule has 158 valence electrons. The number of fused-ring (bicyclic) bond motifs is 1. The Balaban J connectivity index is 1.37. The molecular formula is C26H28N4O. The van der Waals surface area contributed by atoms with Crippen LogP contribution in [-0.2, 0) is 19.4 Å². The molecule has 5 heteroatoms. The van der Waals surface area contributed by atoms with Gasteiger partial charge in [0.25, 0.3) is 0 Å². The fraction of sp³-hybridized carbons (Fsp3) is 0.308. The monoisotopic (exact) mass is 412 g/mol. The van der Waals surface area contributed by atoms with E-state index in [4.69, 9.17) is 4.74 Å². The molecule has 5 nitrogen and oxygen atoms in total. The maximum atomic E-state index is 5.50. The van der Waals surface area contributed by atoms with Crippen LogP contribution in [0.3, 0.4) is 0 Å². The molecule has 5 rings (SSSR count). The van der Waals surface area contributed by atoms with Crippen LogP contribution in [0.5, 0.6) is 5.75 Å². The Morgan fingerprint density at radius 3 is 2.52 bits per heavy atom. The molecule has 0 spiro atoms. The van der Waals surface area contributed by atoms with Crippen molar-refractivity contribution < 1.29 is 4.74 Å². The first-order chi connectivity index (χ1) is 15.3. The van der Waals surface area contributed by atoms with E-state index >= 15 is 0 Å². The summed E-state index contributed by atoms with van der Waals surface area (Å²) in [6.45, 7) is 3.49. The first kappa shape index (κ1) is 19.8. The number of nitrogens with zero attached hydrogens (tertiary/aromatic N) is 4. The van der Waals surface area contributed by atoms with Gasteiger partial charge in [0.15, 0.2) is 5.65 Å². The number of pyridine rings is 1. The van der Waals surface area contributed by atoms with Gasteiger partial charge in [-0.25, -0.2) is 0 Å². The molecule has 1 aliphatic heterocycles. The minimum atomic E-state index is 0.893. The van der Waals surface area contributed by atoms with Crippen LogP contribution in [0.15, 0.2) is 67.0 Å². The molecule has 1 aliphatic rings. The zero-order chi connectivity index (χ0) is 21.0. The lowest BCUT2D eigenvalue weighted by Crippen LogP contribution is -2.18. The van der Waals surface area contributed by atoms with Gasteiger partial charge in [-0.3, -0.25) is 9.30 Å². The summed E-state index contributed by atoms with van der Waals surface area (Å²) in [5.41, 5.74) is 6.98. The van der Waals surface area contributed by atoms with Crippen LogP contribution in [0.1, 0.15) is 29.7 Å². The van der Waals surface area contributed by atoms with Crippen molar-refractivity contribution in [3.8, 4) is 16.9 Å². The quantitative estimate of drug-likeness (QED) is 0.438. The Kier molecular flexibility index (Phi) is 5.67. The van der Waals surface area contributed by atoms with Crippen LogP contribution >= 0.6 is 0 Å². The van der Waals surface area contributed by atoms with Crippen LogP contribution in [-0.4, -0.2) is 39.7 Å². The second-order valence-corrected chi connectivity index (χ2v) is 8.25. The van der Waals surface area contributed by atoms with E-state index in [9.17, 15) is 0 Å². The van der Waals surface area contributed by atoms with Gasteiger partial charge in [-0.1, -0.05) is 42.5 Å². The SMILES string of the molecule is COc1ccccc1CCc1ccc(-c2ccc(CN3CCCC3)cc2)c2nncn12. The highest BCUT2D eigenvalue weighted by molar-refractivity contribution is 5.77. The number of para-hydroxylation sites is 1. The molecule has 0 amide bonds. The topological polar surface area (TPSA) is 42.7 Å². The van der Waals surface area contributed by atoms with Crippen molar-refractivity contribution >= 4 is 5.65 Å². The second-order valence-electron chi connectivity index (χ2n) is 8.25. The number of hydrogen-bond acceptors (Lipinski definition) is 4. The fourth-order valence-electron chi connectivity index (χ4n) is 4.55. The number of benzene rings is 2. The third kappa shape index (κ3) is 4.19. The Labute approximate surface area is 183 Å². The van der Waals surface area contributed by atoms with Gasteiger partial charge >= 0.3 is 0 Å². The van der Waals surface area contributed by atoms with Crippen LogP contribution in [0.4, 0.5) is 0 Å². The lowest BCUT2D eigenvalue weighted by molar-refractivity contribution is 0.331. The van der Waals surface area contributed by atoms with Crippen LogP contribution in [0.25, 0.3) is 16.8 Å². The molecule has 0 aliphatic carbocycles. The molecule has 1 saturated heterocycles. The zero-order valence-electron chi connectivity index (χ0n) is 18.0. The van der Waals surface area contributed by atoms with Gasteiger partial charge in [0.2, 0.25) is 0 Å². The smallest absolute Gasteiger partial charge is 0.168 e. The van der Waals surface area contributed by atoms with E-state index in [1.165, 1.54) is 48.3 Å². The first-order valence-corrected chi connectivity index (χ1v) is 11.1. The normalized spacial score (nSPS) is 14.4. The van der Waals surface area contributed by atoms with E-state index in [-0.39, 0.29) is 0 Å². The summed E-state index contributed by atoms with van der Waals surface area (Å²) in [7, 11) is 1.72. The Morgan fingerprint density at radius 2 is 1.71 bits per heavy atom. The van der Waals surface area contributed by atoms with E-state index in [1.54, 1.807) is 7.11 Å². The highest BCUT2D eigenvalue weighted by atomic mass is 16.5. The van der Waals surface area contributed by atoms with Crippen molar-refractivity contribution in [1.82, 2.24) is 19.5 Å². The van der Waals surface area contributed by atoms with Crippen molar-refractivity contribution in [3.63, 3.8) is 0 Å². The summed E-state index contributed by atoms with van der Waals surface area (Å²) in [6, 6.07) is 21.5. The minimum absolute atomic E-state index is 0.893. The van der Waals surface area contributed by atoms with Crippen molar-refractivity contribution in [2.45, 2.75) is 32.2 Å². The molecule has 0 saturated carbocycles. The number of aromatic nitrogens is 3. The van der Waals surface area contributed by atoms with Crippen LogP contribution < -0.4 is 4.74 Å². The number of hydrogen-bond donors (Lipinski definition) is 0. The summed E-state index contributed by atoms with van der Waals surface area (Å²) in [6.07, 6.45) is 6.27. The molecule has 0 N–H and O–H groups in total. The highest BCUT2D eigenvalue weighted by Gasteiger charge is 2.13. The van der Waals surface area contributed by atoms with E-state index < -0.39 is 0 Å². The maximum absolute atomic E-state index is 5.50. The third-order valence-electron chi connectivity index (χ3n) is 6.25. The molecular weight excluding hydrogens is 384 g/mol. The molecule has 31 heavy (non-hydrogen) atoms. The lowest BCUT2D eigenvalue weighted by atomic mass is 10.0. The Hall–Kier alpha value is -3.18. The summed E-state index contributed by atoms with van der Waals surface area (Å²) >= 11 is 0. The van der Waals surface area contributed by atoms with Gasteiger partial charge in [0.05, 0.1) is 7.11 Å². The molecule has 0 atom stereocenters. The summed E-state index contributed by atoms with van der Waals surface area (Å²) < 4.78 is 7.61. The number of rotatable bonds is 7. The number of aryl methyl sites for hydroxylation is 2. The average Bonchev–Trinajstić information content (AvgIpc) is 3.51. The van der Waals surface area contributed by atoms with E-state index in [1.807, 2.05) is 18.5 Å². The van der Waals surface area contributed by atoms with Crippen molar-refractivity contribution in [3.05, 3.63) is 83.8 Å². The Morgan fingerprint density at radius 1 is 0.903 bits per heavy atom. The molecule has 4 aromatic rings. The zero-order valence-corrected chi connectivity index (χ0v) is 18.0. The van der Waals surface area contributed by atoms with Gasteiger partial charge in [-0.2, -0.15) is 0 Å². The highest BCUT2D eigenvalue weighted by Crippen LogP contribution is 2.26. The van der Waals surface area contributed by atoms with Crippen molar-refractivity contribution in [1.29, 1.82) is 0 Å². The molecule has 3 heterocycles. The van der Waals surface area contributed by atoms with Gasteiger partial charge in [0.1, 0.15) is 12.1 Å². The number of likely N-dealkylation sites (tertiary alicyclic amines) is 1. The van der Waals surface area contributed by atoms with Crippen molar-refractivity contribution in [2.75, 3.05) is 20.2 Å². The maximum Gasteiger partial charge on any atom is 0.168 e. The van der Waals surface area contributed by atoms with Crippen molar-refractivity contribution in [2.24, 2.45) is 0 Å². The van der Waals surface area contributed by atoms with E-state index in [0.717, 1.165) is 36.3 Å². The summed E-state index contributed by atoms with van der Waals surface area (Å²) in [5, 5.41) is 8.63. The third-order valence-corrected chi connectivity index (χ3v) is 6.25. The molecule has 0 unspecified atom stereocenters. The van der Waals surface area contributed by atoms with Gasteiger partial charge in [0, 0.05) is 17.8 Å². The molecule has 0 radical (unpaired) electrons. The van der Waals surface area contributed by atoms with E-state index in [0.29, 0.717) is 0 Å². The predicted octanol–water partition coefficient (Wildman–Crippen LogP) is 4.79. The largest absolute Gasteiger partial charge is 0.496 e. The molecule has 1 fully saturated rings. The van der Waals surface area contributed by atoms with Crippen LogP contribution in [0.2, 0.25) is 0 Å². The minimum Gasteiger partial charge on any atom is -0.496 e. The van der Waals surface area contributed by atoms with Gasteiger partial charge in [-0.05, 0) is 73.7 Å². The van der Waals surface area contributed by atoms with Gasteiger partial charge < -0.3 is 4.74 Å². The summed E-state index contributed by atoms with van der Waals surface area (Å²) in [4.78, 5) is 2.53. The fourth-order valence-corrected chi connectivity index (χ4v) is 4.55. The predicted molar refractivity (Wildman–Crippen MR) is 123 cm³/mol. The molecule has 2 aromatic carbocycles. The average molecular weight is 413 g/mol. The lowest BCUT2D eigenvalue weighted by Gasteiger charge is -2.15. The molecule has 0 bridgehead atoms.